The summed E-state index contributed by atoms with van der Waals surface area (Å²) < 4.78 is 5.37. The van der Waals surface area contributed by atoms with E-state index in [0.717, 1.165) is 12.2 Å². The molecule has 0 aromatic heterocycles. The SMILES string of the molecule is COc1cccc(CC(c2ccccc2)N2CCCCC2)c1. The van der Waals surface area contributed by atoms with Crippen LogP contribution in [0, 0.1) is 0 Å². The Hall–Kier alpha value is -1.80. The van der Waals surface area contributed by atoms with Crippen LogP contribution >= 0.6 is 0 Å². The summed E-state index contributed by atoms with van der Waals surface area (Å²) in [5.74, 6) is 0.947. The zero-order valence-corrected chi connectivity index (χ0v) is 13.4. The molecule has 1 unspecified atom stereocenters. The van der Waals surface area contributed by atoms with Crippen LogP contribution in [0.5, 0.6) is 5.75 Å². The third-order valence-electron chi connectivity index (χ3n) is 4.58. The minimum Gasteiger partial charge on any atom is -0.497 e. The first-order chi connectivity index (χ1) is 10.9. The second kappa shape index (κ2) is 7.46. The van der Waals surface area contributed by atoms with Gasteiger partial charge in [-0.15, -0.1) is 0 Å². The van der Waals surface area contributed by atoms with Crippen LogP contribution in [0.2, 0.25) is 0 Å². The number of methoxy groups -OCH3 is 1. The predicted molar refractivity (Wildman–Crippen MR) is 91.3 cm³/mol. The Kier molecular flexibility index (Phi) is 5.12. The predicted octanol–water partition coefficient (Wildman–Crippen LogP) is 4.46. The van der Waals surface area contributed by atoms with Crippen LogP contribution in [-0.4, -0.2) is 25.1 Å². The highest BCUT2D eigenvalue weighted by Gasteiger charge is 2.22. The van der Waals surface area contributed by atoms with Crippen molar-refractivity contribution in [3.63, 3.8) is 0 Å². The second-order valence-electron chi connectivity index (χ2n) is 6.08. The average molecular weight is 295 g/mol. The molecule has 116 valence electrons. The van der Waals surface area contributed by atoms with Crippen molar-refractivity contribution < 1.29 is 4.74 Å². The molecule has 2 nitrogen and oxygen atoms in total. The molecule has 0 radical (unpaired) electrons. The number of hydrogen-bond donors (Lipinski definition) is 0. The van der Waals surface area contributed by atoms with Crippen molar-refractivity contribution in [3.05, 3.63) is 65.7 Å². The lowest BCUT2D eigenvalue weighted by Gasteiger charge is -2.35. The summed E-state index contributed by atoms with van der Waals surface area (Å²) in [7, 11) is 1.73. The topological polar surface area (TPSA) is 12.5 Å². The Labute approximate surface area is 133 Å². The number of benzene rings is 2. The van der Waals surface area contributed by atoms with Gasteiger partial charge in [0.1, 0.15) is 5.75 Å². The van der Waals surface area contributed by atoms with Crippen molar-refractivity contribution in [1.29, 1.82) is 0 Å². The quantitative estimate of drug-likeness (QED) is 0.807. The molecular weight excluding hydrogens is 270 g/mol. The molecule has 0 saturated carbocycles. The Morgan fingerprint density at radius 1 is 0.955 bits per heavy atom. The maximum Gasteiger partial charge on any atom is 0.119 e. The lowest BCUT2D eigenvalue weighted by Crippen LogP contribution is -2.34. The third-order valence-corrected chi connectivity index (χ3v) is 4.58. The fraction of sp³-hybridized carbons (Fsp3) is 0.400. The molecule has 2 heteroatoms. The van der Waals surface area contributed by atoms with Crippen molar-refractivity contribution in [3.8, 4) is 5.75 Å². The van der Waals surface area contributed by atoms with Gasteiger partial charge in [-0.05, 0) is 55.6 Å². The Morgan fingerprint density at radius 2 is 1.73 bits per heavy atom. The second-order valence-corrected chi connectivity index (χ2v) is 6.08. The van der Waals surface area contributed by atoms with E-state index in [2.05, 4.69) is 53.4 Å². The standard InChI is InChI=1S/C20H25NO/c1-22-19-12-8-9-17(15-19)16-20(18-10-4-2-5-11-18)21-13-6-3-7-14-21/h2,4-5,8-12,15,20H,3,6-7,13-14,16H2,1H3. The van der Waals surface area contributed by atoms with Crippen LogP contribution in [0.1, 0.15) is 36.4 Å². The first-order valence-electron chi connectivity index (χ1n) is 8.29. The summed E-state index contributed by atoms with van der Waals surface area (Å²) in [6.45, 7) is 2.42. The minimum absolute atomic E-state index is 0.466. The third kappa shape index (κ3) is 3.69. The molecule has 1 aliphatic heterocycles. The van der Waals surface area contributed by atoms with Crippen molar-refractivity contribution >= 4 is 0 Å². The largest absolute Gasteiger partial charge is 0.497 e. The van der Waals surface area contributed by atoms with Gasteiger partial charge in [0, 0.05) is 6.04 Å². The van der Waals surface area contributed by atoms with Crippen LogP contribution in [-0.2, 0) is 6.42 Å². The summed E-state index contributed by atoms with van der Waals surface area (Å²) in [6, 6.07) is 19.9. The molecule has 1 heterocycles. The Balaban J connectivity index is 1.84. The van der Waals surface area contributed by atoms with Gasteiger partial charge in [-0.2, -0.15) is 0 Å². The number of nitrogens with zero attached hydrogens (tertiary/aromatic N) is 1. The van der Waals surface area contributed by atoms with Crippen molar-refractivity contribution in [1.82, 2.24) is 4.90 Å². The molecule has 0 N–H and O–H groups in total. The molecule has 1 aliphatic rings. The average Bonchev–Trinajstić information content (AvgIpc) is 2.61. The van der Waals surface area contributed by atoms with E-state index < -0.39 is 0 Å². The van der Waals surface area contributed by atoms with E-state index in [0.29, 0.717) is 6.04 Å². The van der Waals surface area contributed by atoms with Gasteiger partial charge >= 0.3 is 0 Å². The summed E-state index contributed by atoms with van der Waals surface area (Å²) in [5, 5.41) is 0. The Morgan fingerprint density at radius 3 is 2.45 bits per heavy atom. The van der Waals surface area contributed by atoms with E-state index >= 15 is 0 Å². The highest BCUT2D eigenvalue weighted by molar-refractivity contribution is 5.30. The molecule has 22 heavy (non-hydrogen) atoms. The van der Waals surface area contributed by atoms with Gasteiger partial charge in [0.25, 0.3) is 0 Å². The van der Waals surface area contributed by atoms with E-state index in [1.165, 1.54) is 43.5 Å². The number of ether oxygens (including phenoxy) is 1. The van der Waals surface area contributed by atoms with Crippen molar-refractivity contribution in [2.75, 3.05) is 20.2 Å². The fourth-order valence-corrected chi connectivity index (χ4v) is 3.39. The minimum atomic E-state index is 0.466. The highest BCUT2D eigenvalue weighted by atomic mass is 16.5. The summed E-state index contributed by atoms with van der Waals surface area (Å²) in [6.07, 6.45) is 5.06. The molecule has 0 spiro atoms. The molecule has 1 atom stereocenters. The van der Waals surface area contributed by atoms with Crippen molar-refractivity contribution in [2.45, 2.75) is 31.7 Å². The van der Waals surface area contributed by atoms with Gasteiger partial charge < -0.3 is 4.74 Å². The molecule has 0 aliphatic carbocycles. The summed E-state index contributed by atoms with van der Waals surface area (Å²) in [5.41, 5.74) is 2.77. The van der Waals surface area contributed by atoms with Gasteiger partial charge in [-0.25, -0.2) is 0 Å². The zero-order chi connectivity index (χ0) is 15.2. The van der Waals surface area contributed by atoms with Crippen LogP contribution in [0.3, 0.4) is 0 Å². The maximum absolute atomic E-state index is 5.37. The van der Waals surface area contributed by atoms with Crippen LogP contribution < -0.4 is 4.74 Å². The molecule has 0 bridgehead atoms. The van der Waals surface area contributed by atoms with E-state index in [4.69, 9.17) is 4.74 Å². The summed E-state index contributed by atoms with van der Waals surface area (Å²) in [4.78, 5) is 2.65. The smallest absolute Gasteiger partial charge is 0.119 e. The lowest BCUT2D eigenvalue weighted by molar-refractivity contribution is 0.162. The first-order valence-corrected chi connectivity index (χ1v) is 8.29. The normalized spacial score (nSPS) is 17.1. The maximum atomic E-state index is 5.37. The van der Waals surface area contributed by atoms with Gasteiger partial charge in [0.2, 0.25) is 0 Å². The van der Waals surface area contributed by atoms with Crippen molar-refractivity contribution in [2.24, 2.45) is 0 Å². The van der Waals surface area contributed by atoms with E-state index in [-0.39, 0.29) is 0 Å². The molecular formula is C20H25NO. The van der Waals surface area contributed by atoms with Gasteiger partial charge in [0.15, 0.2) is 0 Å². The number of piperidine rings is 1. The lowest BCUT2D eigenvalue weighted by atomic mass is 9.95. The van der Waals surface area contributed by atoms with E-state index in [1.54, 1.807) is 7.11 Å². The van der Waals surface area contributed by atoms with Gasteiger partial charge in [-0.1, -0.05) is 48.9 Å². The zero-order valence-electron chi connectivity index (χ0n) is 13.4. The first kappa shape index (κ1) is 15.1. The molecule has 2 aromatic rings. The monoisotopic (exact) mass is 295 g/mol. The fourth-order valence-electron chi connectivity index (χ4n) is 3.39. The molecule has 2 aromatic carbocycles. The number of rotatable bonds is 5. The molecule has 1 fully saturated rings. The van der Waals surface area contributed by atoms with Gasteiger partial charge in [-0.3, -0.25) is 4.90 Å². The Bertz CT molecular complexity index is 575. The number of hydrogen-bond acceptors (Lipinski definition) is 2. The van der Waals surface area contributed by atoms with Crippen LogP contribution in [0.15, 0.2) is 54.6 Å². The van der Waals surface area contributed by atoms with Crippen LogP contribution in [0.25, 0.3) is 0 Å². The number of likely N-dealkylation sites (tertiary alicyclic amines) is 1. The molecule has 1 saturated heterocycles. The molecule has 3 rings (SSSR count). The highest BCUT2D eigenvalue weighted by Crippen LogP contribution is 2.29. The molecule has 0 amide bonds. The van der Waals surface area contributed by atoms with Crippen LogP contribution in [0.4, 0.5) is 0 Å². The summed E-state index contributed by atoms with van der Waals surface area (Å²) >= 11 is 0. The van der Waals surface area contributed by atoms with E-state index in [1.807, 2.05) is 6.07 Å². The van der Waals surface area contributed by atoms with Gasteiger partial charge in [0.05, 0.1) is 7.11 Å². The van der Waals surface area contributed by atoms with E-state index in [9.17, 15) is 0 Å².